The molecule has 0 aromatic heterocycles. The molecule has 1 N–H and O–H groups in total. The predicted molar refractivity (Wildman–Crippen MR) is 77.9 cm³/mol. The highest BCUT2D eigenvalue weighted by atomic mass is 19.4. The monoisotopic (exact) mass is 305 g/mol. The van der Waals surface area contributed by atoms with Gasteiger partial charge in [0.2, 0.25) is 0 Å². The highest BCUT2D eigenvalue weighted by molar-refractivity contribution is 6.36. The number of halogens is 3. The molecule has 0 aliphatic heterocycles. The van der Waals surface area contributed by atoms with Crippen LogP contribution in [-0.2, 0) is 10.9 Å². The van der Waals surface area contributed by atoms with Gasteiger partial charge in [0.15, 0.2) is 0 Å². The van der Waals surface area contributed by atoms with E-state index >= 15 is 0 Å². The van der Waals surface area contributed by atoms with Gasteiger partial charge in [-0.25, -0.2) is 4.79 Å². The lowest BCUT2D eigenvalue weighted by Gasteiger charge is -2.12. The zero-order valence-corrected chi connectivity index (χ0v) is 11.6. The van der Waals surface area contributed by atoms with Crippen LogP contribution in [0.2, 0.25) is 0 Å². The number of anilines is 2. The van der Waals surface area contributed by atoms with Crippen LogP contribution in [0.4, 0.5) is 24.5 Å². The summed E-state index contributed by atoms with van der Waals surface area (Å²) in [5, 5.41) is 2.89. The van der Waals surface area contributed by atoms with E-state index in [1.54, 1.807) is 6.07 Å². The molecule has 2 rings (SSSR count). The second kappa shape index (κ2) is 6.13. The Morgan fingerprint density at radius 2 is 1.77 bits per heavy atom. The molecule has 3 nitrogen and oxygen atoms in total. The lowest BCUT2D eigenvalue weighted by atomic mass is 9.92. The van der Waals surface area contributed by atoms with Crippen LogP contribution >= 0.6 is 0 Å². The van der Waals surface area contributed by atoms with Crippen LogP contribution in [-0.4, -0.2) is 20.9 Å². The van der Waals surface area contributed by atoms with E-state index in [4.69, 9.17) is 7.85 Å². The van der Waals surface area contributed by atoms with Gasteiger partial charge in [0, 0.05) is 11.4 Å². The second-order valence-electron chi connectivity index (χ2n) is 4.49. The Kier molecular flexibility index (Phi) is 4.44. The summed E-state index contributed by atoms with van der Waals surface area (Å²) in [5.41, 5.74) is 0.769. The smallest absolute Gasteiger partial charge is 0.416 e. The molecule has 0 unspecified atom stereocenters. The summed E-state index contributed by atoms with van der Waals surface area (Å²) >= 11 is 0. The van der Waals surface area contributed by atoms with Crippen LogP contribution in [0, 0.1) is 0 Å². The van der Waals surface area contributed by atoms with Crippen molar-refractivity contribution in [1.82, 2.24) is 0 Å². The number of hydrogen-bond donors (Lipinski definition) is 1. The Labute approximate surface area is 126 Å². The molecule has 2 aromatic carbocycles. The third kappa shape index (κ3) is 3.60. The summed E-state index contributed by atoms with van der Waals surface area (Å²) in [4.78, 5) is 11.4. The molecule has 112 valence electrons. The number of nitrogens with one attached hydrogen (secondary N) is 1. The van der Waals surface area contributed by atoms with Gasteiger partial charge < -0.3 is 10.1 Å². The third-order valence-corrected chi connectivity index (χ3v) is 2.96. The summed E-state index contributed by atoms with van der Waals surface area (Å²) < 4.78 is 42.0. The van der Waals surface area contributed by atoms with E-state index in [9.17, 15) is 18.0 Å². The van der Waals surface area contributed by atoms with Crippen LogP contribution < -0.4 is 10.8 Å². The molecule has 0 amide bonds. The van der Waals surface area contributed by atoms with Crippen molar-refractivity contribution >= 4 is 30.7 Å². The fourth-order valence-corrected chi connectivity index (χ4v) is 1.82. The van der Waals surface area contributed by atoms with Gasteiger partial charge >= 0.3 is 12.1 Å². The number of benzene rings is 2. The Balaban J connectivity index is 2.19. The van der Waals surface area contributed by atoms with Gasteiger partial charge in [-0.3, -0.25) is 0 Å². The first-order chi connectivity index (χ1) is 10.3. The standard InChI is InChI=1S/C15H11BF3NO2/c1-22-14(21)9-2-7-13(12(16)8-9)20-11-5-3-10(4-6-11)15(17,18)19/h2-8,20H,1H3. The largest absolute Gasteiger partial charge is 0.465 e. The Morgan fingerprint density at radius 1 is 1.14 bits per heavy atom. The maximum absolute atomic E-state index is 12.5. The number of esters is 1. The van der Waals surface area contributed by atoms with Crippen LogP contribution in [0.3, 0.4) is 0 Å². The van der Waals surface area contributed by atoms with Crippen molar-refractivity contribution in [3.8, 4) is 0 Å². The molecule has 0 spiro atoms. The summed E-state index contributed by atoms with van der Waals surface area (Å²) in [5.74, 6) is -0.521. The molecule has 0 bridgehead atoms. The van der Waals surface area contributed by atoms with Crippen molar-refractivity contribution in [2.45, 2.75) is 6.18 Å². The number of hydrogen-bond acceptors (Lipinski definition) is 3. The van der Waals surface area contributed by atoms with Crippen LogP contribution in [0.25, 0.3) is 0 Å². The summed E-state index contributed by atoms with van der Waals surface area (Å²) in [6.45, 7) is 0. The van der Waals surface area contributed by atoms with Gasteiger partial charge in [0.05, 0.1) is 18.2 Å². The van der Waals surface area contributed by atoms with Crippen LogP contribution in [0.15, 0.2) is 42.5 Å². The van der Waals surface area contributed by atoms with Crippen molar-refractivity contribution in [2.75, 3.05) is 12.4 Å². The molecule has 22 heavy (non-hydrogen) atoms. The minimum absolute atomic E-state index is 0.280. The normalized spacial score (nSPS) is 11.1. The number of methoxy groups -OCH3 is 1. The Morgan fingerprint density at radius 3 is 2.27 bits per heavy atom. The molecule has 0 atom stereocenters. The van der Waals surface area contributed by atoms with Crippen LogP contribution in [0.1, 0.15) is 15.9 Å². The number of ether oxygens (including phenoxy) is 1. The fraction of sp³-hybridized carbons (Fsp3) is 0.133. The molecule has 0 aliphatic rings. The van der Waals surface area contributed by atoms with E-state index in [1.165, 1.54) is 31.4 Å². The van der Waals surface area contributed by atoms with Gasteiger partial charge in [0.25, 0.3) is 0 Å². The van der Waals surface area contributed by atoms with Crippen molar-refractivity contribution in [1.29, 1.82) is 0 Å². The van der Waals surface area contributed by atoms with E-state index < -0.39 is 17.7 Å². The van der Waals surface area contributed by atoms with E-state index in [0.29, 0.717) is 11.4 Å². The maximum Gasteiger partial charge on any atom is 0.416 e. The number of rotatable bonds is 3. The Bertz CT molecular complexity index is 684. The molecule has 2 aromatic rings. The highest BCUT2D eigenvalue weighted by Gasteiger charge is 2.29. The van der Waals surface area contributed by atoms with Gasteiger partial charge in [-0.1, -0.05) is 11.5 Å². The average molecular weight is 305 g/mol. The molecule has 2 radical (unpaired) electrons. The first-order valence-electron chi connectivity index (χ1n) is 6.23. The first-order valence-corrected chi connectivity index (χ1v) is 6.23. The van der Waals surface area contributed by atoms with Crippen molar-refractivity contribution in [3.05, 3.63) is 53.6 Å². The molecular formula is C15H11BF3NO2. The maximum atomic E-state index is 12.5. The summed E-state index contributed by atoms with van der Waals surface area (Å²) in [6.07, 6.45) is -4.38. The lowest BCUT2D eigenvalue weighted by molar-refractivity contribution is -0.137. The molecule has 0 fully saturated rings. The SMILES string of the molecule is [B]c1cc(C(=O)OC)ccc1Nc1ccc(C(F)(F)F)cc1. The van der Waals surface area contributed by atoms with Gasteiger partial charge in [-0.05, 0) is 36.4 Å². The van der Waals surface area contributed by atoms with Crippen molar-refractivity contribution in [2.24, 2.45) is 0 Å². The van der Waals surface area contributed by atoms with Crippen molar-refractivity contribution in [3.63, 3.8) is 0 Å². The zero-order chi connectivity index (χ0) is 16.3. The minimum atomic E-state index is -4.38. The van der Waals surface area contributed by atoms with E-state index in [2.05, 4.69) is 10.1 Å². The molecular weight excluding hydrogens is 294 g/mol. The second-order valence-corrected chi connectivity index (χ2v) is 4.49. The van der Waals surface area contributed by atoms with Gasteiger partial charge in [-0.15, -0.1) is 0 Å². The Hall–Kier alpha value is -2.44. The molecule has 0 saturated heterocycles. The number of alkyl halides is 3. The highest BCUT2D eigenvalue weighted by Crippen LogP contribution is 2.30. The van der Waals surface area contributed by atoms with Crippen LogP contribution in [0.5, 0.6) is 0 Å². The first kappa shape index (κ1) is 15.9. The summed E-state index contributed by atoms with van der Waals surface area (Å²) in [6, 6.07) is 9.04. The summed E-state index contributed by atoms with van der Waals surface area (Å²) in [7, 11) is 7.07. The van der Waals surface area contributed by atoms with Gasteiger partial charge in [0.1, 0.15) is 7.85 Å². The molecule has 0 saturated carbocycles. The molecule has 7 heteroatoms. The predicted octanol–water partition coefficient (Wildman–Crippen LogP) is 3.03. The third-order valence-electron chi connectivity index (χ3n) is 2.96. The quantitative estimate of drug-likeness (QED) is 0.700. The number of carbonyl (C=O) groups excluding carboxylic acids is 1. The van der Waals surface area contributed by atoms with Gasteiger partial charge in [-0.2, -0.15) is 13.2 Å². The molecule has 0 aliphatic carbocycles. The van der Waals surface area contributed by atoms with E-state index in [0.717, 1.165) is 12.1 Å². The van der Waals surface area contributed by atoms with Crippen molar-refractivity contribution < 1.29 is 22.7 Å². The average Bonchev–Trinajstić information content (AvgIpc) is 2.48. The minimum Gasteiger partial charge on any atom is -0.465 e. The molecule has 0 heterocycles. The fourth-order valence-electron chi connectivity index (χ4n) is 1.82. The lowest BCUT2D eigenvalue weighted by Crippen LogP contribution is -2.13. The zero-order valence-electron chi connectivity index (χ0n) is 11.6. The number of carbonyl (C=O) groups is 1. The van der Waals surface area contributed by atoms with E-state index in [1.807, 2.05) is 0 Å². The topological polar surface area (TPSA) is 38.3 Å². The van der Waals surface area contributed by atoms with E-state index in [-0.39, 0.29) is 11.0 Å².